The van der Waals surface area contributed by atoms with Gasteiger partial charge in [0, 0.05) is 24.8 Å². The molecule has 170 valence electrons. The molecule has 2 heterocycles. The Bertz CT molecular complexity index is 1050. The van der Waals surface area contributed by atoms with Gasteiger partial charge >= 0.3 is 0 Å². The summed E-state index contributed by atoms with van der Waals surface area (Å²) in [5.41, 5.74) is 2.08. The summed E-state index contributed by atoms with van der Waals surface area (Å²) in [4.78, 5) is 28.8. The van der Waals surface area contributed by atoms with E-state index in [0.29, 0.717) is 54.3 Å². The van der Waals surface area contributed by atoms with Crippen LogP contribution in [0.15, 0.2) is 45.2 Å². The van der Waals surface area contributed by atoms with Crippen LogP contribution >= 0.6 is 0 Å². The van der Waals surface area contributed by atoms with Gasteiger partial charge in [-0.25, -0.2) is 4.98 Å². The molecule has 0 saturated carbocycles. The third kappa shape index (κ3) is 6.31. The maximum Gasteiger partial charge on any atom is 0.291 e. The molecule has 2 aromatic heterocycles. The summed E-state index contributed by atoms with van der Waals surface area (Å²) >= 11 is 0. The average molecular weight is 440 g/mol. The number of ether oxygens (including phenoxy) is 1. The molecule has 0 fully saturated rings. The first kappa shape index (κ1) is 23.3. The summed E-state index contributed by atoms with van der Waals surface area (Å²) in [5.74, 6) is 2.06. The van der Waals surface area contributed by atoms with Crippen molar-refractivity contribution in [3.05, 3.63) is 59.4 Å². The molecule has 0 atom stereocenters. The van der Waals surface area contributed by atoms with Crippen LogP contribution in [-0.4, -0.2) is 23.9 Å². The fourth-order valence-electron chi connectivity index (χ4n) is 3.01. The highest BCUT2D eigenvalue weighted by Crippen LogP contribution is 2.24. The first-order valence-corrected chi connectivity index (χ1v) is 10.6. The molecule has 0 aliphatic carbocycles. The molecule has 0 aliphatic heterocycles. The van der Waals surface area contributed by atoms with Gasteiger partial charge in [0.2, 0.25) is 11.8 Å². The number of nitrogens with one attached hydrogen (secondary N) is 2. The van der Waals surface area contributed by atoms with E-state index in [0.717, 1.165) is 12.0 Å². The lowest BCUT2D eigenvalue weighted by Crippen LogP contribution is -2.23. The Morgan fingerprint density at radius 3 is 2.53 bits per heavy atom. The number of carbonyl (C=O) groups excluding carboxylic acids is 2. The molecular weight excluding hydrogens is 410 g/mol. The van der Waals surface area contributed by atoms with Crippen LogP contribution in [0.5, 0.6) is 0 Å². The highest BCUT2D eigenvalue weighted by molar-refractivity contribution is 6.02. The van der Waals surface area contributed by atoms with Crippen LogP contribution in [0.3, 0.4) is 0 Å². The number of anilines is 1. The van der Waals surface area contributed by atoms with E-state index in [2.05, 4.69) is 29.5 Å². The summed E-state index contributed by atoms with van der Waals surface area (Å²) in [7, 11) is 1.56. The van der Waals surface area contributed by atoms with Crippen LogP contribution < -0.4 is 10.6 Å². The minimum atomic E-state index is -0.345. The maximum absolute atomic E-state index is 12.3. The molecule has 0 saturated heterocycles. The van der Waals surface area contributed by atoms with Crippen molar-refractivity contribution in [3.8, 4) is 11.5 Å². The summed E-state index contributed by atoms with van der Waals surface area (Å²) in [6, 6.07) is 10.5. The van der Waals surface area contributed by atoms with E-state index in [1.54, 1.807) is 31.4 Å². The van der Waals surface area contributed by atoms with Crippen molar-refractivity contribution < 1.29 is 23.2 Å². The number of nitrogens with zero attached hydrogens (tertiary/aromatic N) is 1. The molecule has 0 bridgehead atoms. The fourth-order valence-corrected chi connectivity index (χ4v) is 3.01. The molecule has 3 rings (SSSR count). The molecular formula is C24H29N3O5. The first-order valence-electron chi connectivity index (χ1n) is 10.6. The van der Waals surface area contributed by atoms with Crippen molar-refractivity contribution in [3.63, 3.8) is 0 Å². The molecule has 0 spiro atoms. The summed E-state index contributed by atoms with van der Waals surface area (Å²) in [6.07, 6.45) is 1.35. The molecule has 2 N–H and O–H groups in total. The van der Waals surface area contributed by atoms with E-state index in [-0.39, 0.29) is 17.6 Å². The predicted octanol–water partition coefficient (Wildman–Crippen LogP) is 4.69. The third-order valence-corrected chi connectivity index (χ3v) is 4.86. The van der Waals surface area contributed by atoms with Gasteiger partial charge in [-0.05, 0) is 55.7 Å². The minimum Gasteiger partial charge on any atom is -0.453 e. The number of methoxy groups -OCH3 is 1. The first-order chi connectivity index (χ1) is 15.4. The Morgan fingerprint density at radius 1 is 1.09 bits per heavy atom. The second-order valence-corrected chi connectivity index (χ2v) is 7.96. The number of hydrogen-bond acceptors (Lipinski definition) is 6. The smallest absolute Gasteiger partial charge is 0.291 e. The molecule has 0 radical (unpaired) electrons. The van der Waals surface area contributed by atoms with Gasteiger partial charge in [-0.2, -0.15) is 0 Å². The Morgan fingerprint density at radius 2 is 1.84 bits per heavy atom. The molecule has 0 unspecified atom stereocenters. The standard InChI is InChI=1S/C24H29N3O5/c1-15(2)5-12-22(28)25-13-20-16(3)31-24(27-20)17-6-8-18(9-7-17)26-23(29)21-11-10-19(32-21)14-30-4/h6-11,15H,5,12-14H2,1-4H3,(H,25,28)(H,26,29). The summed E-state index contributed by atoms with van der Waals surface area (Å²) in [6.45, 7) is 6.64. The van der Waals surface area contributed by atoms with Crippen LogP contribution in [-0.2, 0) is 22.7 Å². The van der Waals surface area contributed by atoms with Gasteiger partial charge in [0.1, 0.15) is 23.8 Å². The number of oxazole rings is 1. The molecule has 0 aliphatic rings. The number of furan rings is 1. The Labute approximate surface area is 187 Å². The number of rotatable bonds is 10. The van der Waals surface area contributed by atoms with E-state index >= 15 is 0 Å². The van der Waals surface area contributed by atoms with Crippen molar-refractivity contribution >= 4 is 17.5 Å². The zero-order chi connectivity index (χ0) is 23.1. The van der Waals surface area contributed by atoms with Crippen LogP contribution in [0, 0.1) is 12.8 Å². The lowest BCUT2D eigenvalue weighted by Gasteiger charge is -2.05. The van der Waals surface area contributed by atoms with Crippen LogP contribution in [0.25, 0.3) is 11.5 Å². The fraction of sp³-hybridized carbons (Fsp3) is 0.375. The van der Waals surface area contributed by atoms with Crippen molar-refractivity contribution in [2.45, 2.75) is 46.8 Å². The van der Waals surface area contributed by atoms with E-state index < -0.39 is 0 Å². The zero-order valence-corrected chi connectivity index (χ0v) is 18.9. The normalized spacial score (nSPS) is 11.0. The van der Waals surface area contributed by atoms with Gasteiger partial charge in [-0.1, -0.05) is 13.8 Å². The van der Waals surface area contributed by atoms with E-state index in [1.165, 1.54) is 0 Å². The van der Waals surface area contributed by atoms with Crippen molar-refractivity contribution in [1.82, 2.24) is 10.3 Å². The topological polar surface area (TPSA) is 107 Å². The maximum atomic E-state index is 12.3. The van der Waals surface area contributed by atoms with Gasteiger partial charge in [-0.15, -0.1) is 0 Å². The van der Waals surface area contributed by atoms with E-state index in [4.69, 9.17) is 13.6 Å². The number of benzene rings is 1. The molecule has 8 heteroatoms. The van der Waals surface area contributed by atoms with Crippen molar-refractivity contribution in [2.24, 2.45) is 5.92 Å². The highest BCUT2D eigenvalue weighted by atomic mass is 16.5. The molecule has 1 aromatic carbocycles. The van der Waals surface area contributed by atoms with Gasteiger partial charge in [-0.3, -0.25) is 9.59 Å². The molecule has 32 heavy (non-hydrogen) atoms. The lowest BCUT2D eigenvalue weighted by molar-refractivity contribution is -0.121. The second-order valence-electron chi connectivity index (χ2n) is 7.96. The third-order valence-electron chi connectivity index (χ3n) is 4.86. The van der Waals surface area contributed by atoms with Gasteiger partial charge in [0.15, 0.2) is 5.76 Å². The number of aryl methyl sites for hydroxylation is 1. The number of hydrogen-bond donors (Lipinski definition) is 2. The Kier molecular flexibility index (Phi) is 7.83. The number of aromatic nitrogens is 1. The quantitative estimate of drug-likeness (QED) is 0.474. The Balaban J connectivity index is 1.59. The largest absolute Gasteiger partial charge is 0.453 e. The molecule has 2 amide bonds. The Hall–Kier alpha value is -3.39. The zero-order valence-electron chi connectivity index (χ0n) is 18.9. The number of carbonyl (C=O) groups is 2. The van der Waals surface area contributed by atoms with Crippen molar-refractivity contribution in [1.29, 1.82) is 0 Å². The lowest BCUT2D eigenvalue weighted by atomic mass is 10.1. The van der Waals surface area contributed by atoms with E-state index in [9.17, 15) is 9.59 Å². The van der Waals surface area contributed by atoms with E-state index in [1.807, 2.05) is 19.1 Å². The monoisotopic (exact) mass is 439 g/mol. The summed E-state index contributed by atoms with van der Waals surface area (Å²) < 4.78 is 16.2. The van der Waals surface area contributed by atoms with Gasteiger partial charge in [0.25, 0.3) is 5.91 Å². The average Bonchev–Trinajstić information content (AvgIpc) is 3.38. The summed E-state index contributed by atoms with van der Waals surface area (Å²) in [5, 5.41) is 5.68. The van der Waals surface area contributed by atoms with Gasteiger partial charge < -0.3 is 24.2 Å². The van der Waals surface area contributed by atoms with Crippen molar-refractivity contribution in [2.75, 3.05) is 12.4 Å². The number of amides is 2. The molecule has 3 aromatic rings. The predicted molar refractivity (Wildman–Crippen MR) is 120 cm³/mol. The van der Waals surface area contributed by atoms with Crippen LogP contribution in [0.1, 0.15) is 54.5 Å². The molecule has 8 nitrogen and oxygen atoms in total. The SMILES string of the molecule is COCc1ccc(C(=O)Nc2ccc(-c3nc(CNC(=O)CCC(C)C)c(C)o3)cc2)o1. The highest BCUT2D eigenvalue weighted by Gasteiger charge is 2.14. The van der Waals surface area contributed by atoms with Gasteiger partial charge in [0.05, 0.1) is 6.54 Å². The van der Waals surface area contributed by atoms with Crippen LogP contribution in [0.2, 0.25) is 0 Å². The second kappa shape index (κ2) is 10.8. The van der Waals surface area contributed by atoms with Crippen LogP contribution in [0.4, 0.5) is 5.69 Å². The minimum absolute atomic E-state index is 0.00800.